The lowest BCUT2D eigenvalue weighted by molar-refractivity contribution is -0.137. The van der Waals surface area contributed by atoms with Gasteiger partial charge in [-0.2, -0.15) is 0 Å². The predicted molar refractivity (Wildman–Crippen MR) is 58.7 cm³/mol. The molecule has 0 atom stereocenters. The molecule has 0 fully saturated rings. The molecule has 0 aromatic heterocycles. The van der Waals surface area contributed by atoms with Crippen LogP contribution in [0, 0.1) is 0 Å². The number of carboxylic acids is 1. The van der Waals surface area contributed by atoms with Gasteiger partial charge in [-0.25, -0.2) is 8.42 Å². The molecule has 0 bridgehead atoms. The highest BCUT2D eigenvalue weighted by molar-refractivity contribution is 7.91. The summed E-state index contributed by atoms with van der Waals surface area (Å²) in [7, 11) is -2.86. The zero-order valence-corrected chi connectivity index (χ0v) is 9.85. The molecular weight excluding hydrogens is 218 g/mol. The Morgan fingerprint density at radius 2 is 1.87 bits per heavy atom. The van der Waals surface area contributed by atoms with Gasteiger partial charge >= 0.3 is 5.97 Å². The maximum atomic E-state index is 11.1. The van der Waals surface area contributed by atoms with Crippen LogP contribution in [0.15, 0.2) is 0 Å². The maximum absolute atomic E-state index is 11.1. The summed E-state index contributed by atoms with van der Waals surface area (Å²) in [6, 6.07) is 0. The van der Waals surface area contributed by atoms with Gasteiger partial charge in [-0.1, -0.05) is 6.92 Å². The number of carbonyl (C=O) groups is 1. The number of hydrogen-bond acceptors (Lipinski definition) is 4. The highest BCUT2D eigenvalue weighted by atomic mass is 32.2. The molecular formula is C9H19NO4S. The molecule has 0 heterocycles. The molecule has 0 rings (SSSR count). The van der Waals surface area contributed by atoms with Gasteiger partial charge in [0.15, 0.2) is 0 Å². The molecule has 0 aromatic carbocycles. The summed E-state index contributed by atoms with van der Waals surface area (Å²) in [5.41, 5.74) is 0. The zero-order chi connectivity index (χ0) is 11.7. The second-order valence-electron chi connectivity index (χ2n) is 3.34. The Morgan fingerprint density at radius 1 is 1.27 bits per heavy atom. The third-order valence-electron chi connectivity index (χ3n) is 1.99. The first-order valence-corrected chi connectivity index (χ1v) is 6.93. The van der Waals surface area contributed by atoms with Crippen LogP contribution in [0.4, 0.5) is 0 Å². The summed E-state index contributed by atoms with van der Waals surface area (Å²) in [6.07, 6.45) is 1.32. The SMILES string of the molecule is CCS(=O)(=O)CCCNCCCC(=O)O. The highest BCUT2D eigenvalue weighted by Crippen LogP contribution is 1.92. The molecule has 0 saturated heterocycles. The Kier molecular flexibility index (Phi) is 7.33. The van der Waals surface area contributed by atoms with E-state index in [0.29, 0.717) is 25.9 Å². The molecule has 90 valence electrons. The molecule has 0 radical (unpaired) electrons. The van der Waals surface area contributed by atoms with Crippen molar-refractivity contribution < 1.29 is 18.3 Å². The summed E-state index contributed by atoms with van der Waals surface area (Å²) in [4.78, 5) is 10.2. The second kappa shape index (κ2) is 7.64. The van der Waals surface area contributed by atoms with Crippen molar-refractivity contribution in [2.75, 3.05) is 24.6 Å². The van der Waals surface area contributed by atoms with E-state index < -0.39 is 15.8 Å². The van der Waals surface area contributed by atoms with Crippen LogP contribution in [0.5, 0.6) is 0 Å². The topological polar surface area (TPSA) is 83.5 Å². The maximum Gasteiger partial charge on any atom is 0.303 e. The fraction of sp³-hybridized carbons (Fsp3) is 0.889. The molecule has 0 unspecified atom stereocenters. The van der Waals surface area contributed by atoms with Gasteiger partial charge in [-0.3, -0.25) is 4.79 Å². The van der Waals surface area contributed by atoms with Crippen LogP contribution in [0.25, 0.3) is 0 Å². The number of nitrogens with one attached hydrogen (secondary N) is 1. The largest absolute Gasteiger partial charge is 0.481 e. The Labute approximate surface area is 90.8 Å². The van der Waals surface area contributed by atoms with Crippen molar-refractivity contribution in [3.8, 4) is 0 Å². The molecule has 0 saturated carbocycles. The standard InChI is InChI=1S/C9H19NO4S/c1-2-15(13,14)8-4-7-10-6-3-5-9(11)12/h10H,2-8H2,1H3,(H,11,12). The van der Waals surface area contributed by atoms with Crippen LogP contribution in [0.1, 0.15) is 26.2 Å². The minimum absolute atomic E-state index is 0.153. The van der Waals surface area contributed by atoms with Crippen LogP contribution in [0.2, 0.25) is 0 Å². The Bertz CT molecular complexity index is 274. The quantitative estimate of drug-likeness (QED) is 0.562. The number of carboxylic acid groups (broad SMARTS) is 1. The van der Waals surface area contributed by atoms with Gasteiger partial charge in [0.25, 0.3) is 0 Å². The van der Waals surface area contributed by atoms with Crippen LogP contribution in [0.3, 0.4) is 0 Å². The summed E-state index contributed by atoms with van der Waals surface area (Å²) in [5.74, 6) is -0.410. The van der Waals surface area contributed by atoms with Gasteiger partial charge in [0.05, 0.1) is 5.75 Å². The smallest absolute Gasteiger partial charge is 0.303 e. The average molecular weight is 237 g/mol. The summed E-state index contributed by atoms with van der Waals surface area (Å²) >= 11 is 0. The van der Waals surface area contributed by atoms with Crippen molar-refractivity contribution in [1.82, 2.24) is 5.32 Å². The third-order valence-corrected chi connectivity index (χ3v) is 3.78. The van der Waals surface area contributed by atoms with E-state index in [1.807, 2.05) is 0 Å². The molecule has 0 aliphatic heterocycles. The van der Waals surface area contributed by atoms with E-state index in [2.05, 4.69) is 5.32 Å². The molecule has 0 amide bonds. The molecule has 0 spiro atoms. The zero-order valence-electron chi connectivity index (χ0n) is 9.03. The lowest BCUT2D eigenvalue weighted by Gasteiger charge is -2.03. The third kappa shape index (κ3) is 9.68. The lowest BCUT2D eigenvalue weighted by atomic mass is 10.3. The number of sulfone groups is 1. The van der Waals surface area contributed by atoms with Gasteiger partial charge in [0.1, 0.15) is 9.84 Å². The van der Waals surface area contributed by atoms with E-state index in [1.54, 1.807) is 6.92 Å². The normalized spacial score (nSPS) is 11.5. The van der Waals surface area contributed by atoms with Crippen molar-refractivity contribution in [3.63, 3.8) is 0 Å². The van der Waals surface area contributed by atoms with Crippen molar-refractivity contribution in [2.24, 2.45) is 0 Å². The molecule has 6 heteroatoms. The van der Waals surface area contributed by atoms with Crippen LogP contribution in [-0.4, -0.2) is 44.1 Å². The van der Waals surface area contributed by atoms with Crippen molar-refractivity contribution in [3.05, 3.63) is 0 Å². The van der Waals surface area contributed by atoms with Crippen molar-refractivity contribution >= 4 is 15.8 Å². The van der Waals surface area contributed by atoms with E-state index in [9.17, 15) is 13.2 Å². The number of rotatable bonds is 9. The van der Waals surface area contributed by atoms with E-state index in [-0.39, 0.29) is 17.9 Å². The minimum Gasteiger partial charge on any atom is -0.481 e. The summed E-state index contributed by atoms with van der Waals surface area (Å²) in [6.45, 7) is 2.88. The first-order valence-electron chi connectivity index (χ1n) is 5.11. The van der Waals surface area contributed by atoms with Crippen molar-refractivity contribution in [2.45, 2.75) is 26.2 Å². The Hall–Kier alpha value is -0.620. The van der Waals surface area contributed by atoms with Crippen LogP contribution >= 0.6 is 0 Å². The van der Waals surface area contributed by atoms with E-state index >= 15 is 0 Å². The first kappa shape index (κ1) is 14.4. The van der Waals surface area contributed by atoms with E-state index in [4.69, 9.17) is 5.11 Å². The highest BCUT2D eigenvalue weighted by Gasteiger charge is 2.05. The van der Waals surface area contributed by atoms with E-state index in [0.717, 1.165) is 0 Å². The minimum atomic E-state index is -2.86. The fourth-order valence-corrected chi connectivity index (χ4v) is 1.92. The Balaban J connectivity index is 3.29. The summed E-state index contributed by atoms with van der Waals surface area (Å²) < 4.78 is 22.1. The number of hydrogen-bond donors (Lipinski definition) is 2. The number of aliphatic carboxylic acids is 1. The molecule has 2 N–H and O–H groups in total. The average Bonchev–Trinajstić information content (AvgIpc) is 2.16. The van der Waals surface area contributed by atoms with Crippen LogP contribution in [-0.2, 0) is 14.6 Å². The fourth-order valence-electron chi connectivity index (χ4n) is 1.05. The molecule has 0 aliphatic rings. The van der Waals surface area contributed by atoms with Gasteiger partial charge < -0.3 is 10.4 Å². The second-order valence-corrected chi connectivity index (χ2v) is 5.81. The summed E-state index contributed by atoms with van der Waals surface area (Å²) in [5, 5.41) is 11.4. The monoisotopic (exact) mass is 237 g/mol. The van der Waals surface area contributed by atoms with Gasteiger partial charge in [0.2, 0.25) is 0 Å². The predicted octanol–water partition coefficient (Wildman–Crippen LogP) is 0.266. The van der Waals surface area contributed by atoms with Gasteiger partial charge in [-0.05, 0) is 25.9 Å². The first-order chi connectivity index (χ1) is 6.98. The molecule has 0 aromatic rings. The Morgan fingerprint density at radius 3 is 2.40 bits per heavy atom. The van der Waals surface area contributed by atoms with Gasteiger partial charge in [-0.15, -0.1) is 0 Å². The lowest BCUT2D eigenvalue weighted by Crippen LogP contribution is -2.20. The molecule has 0 aliphatic carbocycles. The molecule has 5 nitrogen and oxygen atoms in total. The van der Waals surface area contributed by atoms with Gasteiger partial charge in [0, 0.05) is 12.2 Å². The van der Waals surface area contributed by atoms with Crippen LogP contribution < -0.4 is 5.32 Å². The molecule has 15 heavy (non-hydrogen) atoms. The van der Waals surface area contributed by atoms with Crippen molar-refractivity contribution in [1.29, 1.82) is 0 Å². The van der Waals surface area contributed by atoms with E-state index in [1.165, 1.54) is 0 Å².